The molecule has 0 aliphatic carbocycles. The second-order valence-electron chi connectivity index (χ2n) is 3.05. The van der Waals surface area contributed by atoms with Crippen LogP contribution in [0.3, 0.4) is 0 Å². The van der Waals surface area contributed by atoms with Gasteiger partial charge in [0.2, 0.25) is 0 Å². The van der Waals surface area contributed by atoms with Crippen LogP contribution in [-0.4, -0.2) is 5.97 Å². The normalized spacial score (nSPS) is 11.3. The Morgan fingerprint density at radius 3 is 2.50 bits per heavy atom. The van der Waals surface area contributed by atoms with E-state index in [0.717, 1.165) is 19.1 Å². The predicted molar refractivity (Wildman–Crippen MR) is 52.3 cm³/mol. The number of benzene rings is 1. The summed E-state index contributed by atoms with van der Waals surface area (Å²) in [5.74, 6) is -0.871. The number of ether oxygens (including phenoxy) is 1. The fourth-order valence-corrected chi connectivity index (χ4v) is 1.31. The van der Waals surface area contributed by atoms with Gasteiger partial charge in [-0.05, 0) is 12.1 Å². The van der Waals surface area contributed by atoms with E-state index < -0.39 is 17.7 Å². The highest BCUT2D eigenvalue weighted by Crippen LogP contribution is 2.33. The number of carbonyl (C=O) groups is 1. The van der Waals surface area contributed by atoms with E-state index in [1.807, 2.05) is 0 Å². The van der Waals surface area contributed by atoms with Gasteiger partial charge in [-0.2, -0.15) is 13.2 Å². The minimum Gasteiger partial charge on any atom is -0.426 e. The van der Waals surface area contributed by atoms with Gasteiger partial charge in [0, 0.05) is 12.5 Å². The standard InChI is InChI=1S/C10H8ClF3O2/c1-6(15)16-9-4-8(10(12,13)14)3-2-7(9)5-11/h2-4H,5H2,1H3. The van der Waals surface area contributed by atoms with Crippen molar-refractivity contribution in [2.75, 3.05) is 0 Å². The average molecular weight is 253 g/mol. The van der Waals surface area contributed by atoms with Gasteiger partial charge in [-0.25, -0.2) is 0 Å². The van der Waals surface area contributed by atoms with E-state index in [1.165, 1.54) is 6.07 Å². The lowest BCUT2D eigenvalue weighted by Crippen LogP contribution is -2.08. The molecule has 0 bridgehead atoms. The van der Waals surface area contributed by atoms with Gasteiger partial charge in [0.25, 0.3) is 0 Å². The van der Waals surface area contributed by atoms with Crippen LogP contribution in [0.2, 0.25) is 0 Å². The van der Waals surface area contributed by atoms with Crippen molar-refractivity contribution in [1.82, 2.24) is 0 Å². The molecule has 0 spiro atoms. The summed E-state index contributed by atoms with van der Waals surface area (Å²) in [5, 5.41) is 0. The smallest absolute Gasteiger partial charge is 0.416 e. The maximum Gasteiger partial charge on any atom is 0.416 e. The van der Waals surface area contributed by atoms with Gasteiger partial charge in [0.15, 0.2) is 0 Å². The highest BCUT2D eigenvalue weighted by molar-refractivity contribution is 6.17. The molecule has 0 saturated carbocycles. The first-order valence-electron chi connectivity index (χ1n) is 4.29. The molecular weight excluding hydrogens is 245 g/mol. The van der Waals surface area contributed by atoms with Crippen LogP contribution in [0.1, 0.15) is 18.1 Å². The molecule has 0 saturated heterocycles. The molecule has 0 radical (unpaired) electrons. The first kappa shape index (κ1) is 12.8. The van der Waals surface area contributed by atoms with E-state index in [9.17, 15) is 18.0 Å². The zero-order valence-electron chi connectivity index (χ0n) is 8.27. The average Bonchev–Trinajstić information content (AvgIpc) is 2.15. The van der Waals surface area contributed by atoms with Gasteiger partial charge in [-0.1, -0.05) is 6.07 Å². The van der Waals surface area contributed by atoms with E-state index in [2.05, 4.69) is 4.74 Å². The molecular formula is C10H8ClF3O2. The minimum absolute atomic E-state index is 0.0270. The topological polar surface area (TPSA) is 26.3 Å². The number of alkyl halides is 4. The molecule has 2 nitrogen and oxygen atoms in total. The van der Waals surface area contributed by atoms with Gasteiger partial charge in [-0.15, -0.1) is 11.6 Å². The number of halogens is 4. The van der Waals surface area contributed by atoms with E-state index >= 15 is 0 Å². The Labute approximate surface area is 95.0 Å². The second kappa shape index (κ2) is 4.74. The molecule has 0 aliphatic rings. The zero-order chi connectivity index (χ0) is 12.3. The van der Waals surface area contributed by atoms with Crippen molar-refractivity contribution in [3.05, 3.63) is 29.3 Å². The van der Waals surface area contributed by atoms with Gasteiger partial charge in [0.1, 0.15) is 5.75 Å². The summed E-state index contributed by atoms with van der Waals surface area (Å²) in [6.07, 6.45) is -4.47. The van der Waals surface area contributed by atoms with Crippen LogP contribution < -0.4 is 4.74 Å². The summed E-state index contributed by atoms with van der Waals surface area (Å²) in [7, 11) is 0. The van der Waals surface area contributed by atoms with Crippen LogP contribution in [0, 0.1) is 0 Å². The summed E-state index contributed by atoms with van der Waals surface area (Å²) >= 11 is 5.51. The molecule has 0 heterocycles. The lowest BCUT2D eigenvalue weighted by atomic mass is 10.1. The van der Waals surface area contributed by atoms with Gasteiger partial charge >= 0.3 is 12.1 Å². The third-order valence-corrected chi connectivity index (χ3v) is 2.08. The largest absolute Gasteiger partial charge is 0.426 e. The molecule has 0 aliphatic heterocycles. The fraction of sp³-hybridized carbons (Fsp3) is 0.300. The van der Waals surface area contributed by atoms with Crippen molar-refractivity contribution in [1.29, 1.82) is 0 Å². The molecule has 0 aromatic heterocycles. The lowest BCUT2D eigenvalue weighted by Gasteiger charge is -2.11. The van der Waals surface area contributed by atoms with E-state index in [-0.39, 0.29) is 11.6 Å². The summed E-state index contributed by atoms with van der Waals surface area (Å²) in [6, 6.07) is 2.85. The van der Waals surface area contributed by atoms with Gasteiger partial charge in [-0.3, -0.25) is 4.79 Å². The van der Waals surface area contributed by atoms with Crippen molar-refractivity contribution in [2.24, 2.45) is 0 Å². The Kier molecular flexibility index (Phi) is 3.80. The predicted octanol–water partition coefficient (Wildman–Crippen LogP) is 3.37. The van der Waals surface area contributed by atoms with Crippen molar-refractivity contribution < 1.29 is 22.7 Å². The van der Waals surface area contributed by atoms with Crippen LogP contribution in [0.15, 0.2) is 18.2 Å². The molecule has 6 heteroatoms. The molecule has 0 fully saturated rings. The van der Waals surface area contributed by atoms with Crippen LogP contribution >= 0.6 is 11.6 Å². The molecule has 1 aromatic rings. The summed E-state index contributed by atoms with van der Waals surface area (Å²) in [5.41, 5.74) is -0.539. The third-order valence-electron chi connectivity index (χ3n) is 1.79. The Bertz CT molecular complexity index is 402. The second-order valence-corrected chi connectivity index (χ2v) is 3.31. The number of hydrogen-bond acceptors (Lipinski definition) is 2. The van der Waals surface area contributed by atoms with E-state index in [0.29, 0.717) is 5.56 Å². The fourth-order valence-electron chi connectivity index (χ4n) is 1.09. The van der Waals surface area contributed by atoms with Crippen molar-refractivity contribution >= 4 is 17.6 Å². The SMILES string of the molecule is CC(=O)Oc1cc(C(F)(F)F)ccc1CCl. The number of rotatable bonds is 2. The van der Waals surface area contributed by atoms with Crippen molar-refractivity contribution in [3.8, 4) is 5.75 Å². The van der Waals surface area contributed by atoms with Crippen LogP contribution in [0.25, 0.3) is 0 Å². The Balaban J connectivity index is 3.16. The van der Waals surface area contributed by atoms with Crippen LogP contribution in [0.4, 0.5) is 13.2 Å². The molecule has 16 heavy (non-hydrogen) atoms. The molecule has 1 aromatic carbocycles. The first-order chi connectivity index (χ1) is 7.34. The van der Waals surface area contributed by atoms with E-state index in [4.69, 9.17) is 11.6 Å². The van der Waals surface area contributed by atoms with Crippen molar-refractivity contribution in [3.63, 3.8) is 0 Å². The Hall–Kier alpha value is -1.23. The molecule has 0 unspecified atom stereocenters. The highest BCUT2D eigenvalue weighted by Gasteiger charge is 2.31. The lowest BCUT2D eigenvalue weighted by molar-refractivity contribution is -0.138. The van der Waals surface area contributed by atoms with Crippen LogP contribution in [-0.2, 0) is 16.9 Å². The van der Waals surface area contributed by atoms with Crippen molar-refractivity contribution in [2.45, 2.75) is 19.0 Å². The number of hydrogen-bond donors (Lipinski definition) is 0. The quantitative estimate of drug-likeness (QED) is 0.458. The molecule has 1 rings (SSSR count). The molecule has 0 N–H and O–H groups in total. The molecule has 88 valence electrons. The maximum absolute atomic E-state index is 12.4. The molecule has 0 amide bonds. The summed E-state index contributed by atoms with van der Waals surface area (Å²) in [4.78, 5) is 10.7. The number of carbonyl (C=O) groups excluding carboxylic acids is 1. The number of esters is 1. The van der Waals surface area contributed by atoms with E-state index in [1.54, 1.807) is 0 Å². The Morgan fingerprint density at radius 2 is 2.06 bits per heavy atom. The maximum atomic E-state index is 12.4. The summed E-state index contributed by atoms with van der Waals surface area (Å²) < 4.78 is 41.8. The third kappa shape index (κ3) is 3.13. The van der Waals surface area contributed by atoms with Gasteiger partial charge < -0.3 is 4.74 Å². The minimum atomic E-state index is -4.47. The van der Waals surface area contributed by atoms with Gasteiger partial charge in [0.05, 0.1) is 11.4 Å². The highest BCUT2D eigenvalue weighted by atomic mass is 35.5. The van der Waals surface area contributed by atoms with Crippen LogP contribution in [0.5, 0.6) is 5.75 Å². The monoisotopic (exact) mass is 252 g/mol. The Morgan fingerprint density at radius 1 is 1.44 bits per heavy atom. The summed E-state index contributed by atoms with van der Waals surface area (Å²) in [6.45, 7) is 1.11. The molecule has 0 atom stereocenters. The first-order valence-corrected chi connectivity index (χ1v) is 4.82. The zero-order valence-corrected chi connectivity index (χ0v) is 9.02.